The summed E-state index contributed by atoms with van der Waals surface area (Å²) in [5.74, 6) is 0.812. The molecule has 1 unspecified atom stereocenters. The second-order valence-corrected chi connectivity index (χ2v) is 6.78. The number of aliphatic carboxylic acids is 1. The normalized spacial score (nSPS) is 14.8. The van der Waals surface area contributed by atoms with Crippen molar-refractivity contribution in [3.05, 3.63) is 35.9 Å². The molecular weight excluding hydrogens is 330 g/mol. The molecule has 24 heavy (non-hydrogen) atoms. The molecule has 1 atom stereocenters. The van der Waals surface area contributed by atoms with Gasteiger partial charge in [-0.2, -0.15) is 0 Å². The number of amides is 1. The second kappa shape index (κ2) is 10.2. The Morgan fingerprint density at radius 3 is 2.71 bits per heavy atom. The minimum absolute atomic E-state index is 0.114. The second-order valence-electron chi connectivity index (χ2n) is 5.73. The molecule has 1 aliphatic rings. The summed E-state index contributed by atoms with van der Waals surface area (Å²) in [5.41, 5.74) is 0.850. The number of alkyl carbamates (subject to hydrolysis) is 1. The maximum atomic E-state index is 11.7. The van der Waals surface area contributed by atoms with E-state index < -0.39 is 18.1 Å². The van der Waals surface area contributed by atoms with Crippen molar-refractivity contribution < 1.29 is 24.2 Å². The minimum atomic E-state index is -1.06. The molecule has 0 saturated heterocycles. The van der Waals surface area contributed by atoms with Gasteiger partial charge in [0.25, 0.3) is 0 Å². The largest absolute Gasteiger partial charge is 0.480 e. The maximum absolute atomic E-state index is 11.7. The molecule has 1 fully saturated rings. The van der Waals surface area contributed by atoms with E-state index in [1.807, 2.05) is 30.3 Å². The third kappa shape index (κ3) is 7.70. The predicted octanol–water partition coefficient (Wildman–Crippen LogP) is 2.87. The number of benzene rings is 1. The lowest BCUT2D eigenvalue weighted by Crippen LogP contribution is -2.41. The van der Waals surface area contributed by atoms with E-state index >= 15 is 0 Å². The fraction of sp³-hybridized carbons (Fsp3) is 0.529. The average molecular weight is 353 g/mol. The lowest BCUT2D eigenvalue weighted by atomic mass is 10.2. The van der Waals surface area contributed by atoms with Crippen LogP contribution in [0.1, 0.15) is 24.8 Å². The molecule has 2 rings (SSSR count). The van der Waals surface area contributed by atoms with E-state index in [2.05, 4.69) is 5.32 Å². The van der Waals surface area contributed by atoms with Crippen molar-refractivity contribution in [3.63, 3.8) is 0 Å². The van der Waals surface area contributed by atoms with Crippen molar-refractivity contribution in [2.45, 2.75) is 31.9 Å². The number of hydrogen-bond acceptors (Lipinski definition) is 5. The van der Waals surface area contributed by atoms with Crippen LogP contribution in [0.25, 0.3) is 0 Å². The van der Waals surface area contributed by atoms with Crippen LogP contribution in [0.2, 0.25) is 0 Å². The van der Waals surface area contributed by atoms with Gasteiger partial charge in [0, 0.05) is 0 Å². The summed E-state index contributed by atoms with van der Waals surface area (Å²) in [5, 5.41) is 11.6. The van der Waals surface area contributed by atoms with E-state index in [1.54, 1.807) is 0 Å². The molecule has 0 bridgehead atoms. The summed E-state index contributed by atoms with van der Waals surface area (Å²) >= 11 is 1.53. The van der Waals surface area contributed by atoms with Gasteiger partial charge in [-0.15, -0.1) is 11.8 Å². The summed E-state index contributed by atoms with van der Waals surface area (Å²) in [4.78, 5) is 22.9. The van der Waals surface area contributed by atoms with Gasteiger partial charge in [-0.05, 0) is 36.5 Å². The number of rotatable bonds is 11. The fourth-order valence-corrected chi connectivity index (χ4v) is 2.72. The molecule has 2 N–H and O–H groups in total. The first-order valence-corrected chi connectivity index (χ1v) is 9.16. The molecule has 6 nitrogen and oxygen atoms in total. The van der Waals surface area contributed by atoms with E-state index in [1.165, 1.54) is 24.6 Å². The zero-order chi connectivity index (χ0) is 17.2. The first-order chi connectivity index (χ1) is 11.6. The van der Waals surface area contributed by atoms with E-state index in [0.717, 1.165) is 18.1 Å². The molecule has 0 heterocycles. The van der Waals surface area contributed by atoms with Crippen molar-refractivity contribution >= 4 is 23.8 Å². The Labute approximate surface area is 145 Å². The van der Waals surface area contributed by atoms with Gasteiger partial charge in [0.05, 0.1) is 12.5 Å². The Morgan fingerprint density at radius 2 is 2.04 bits per heavy atom. The Kier molecular flexibility index (Phi) is 7.91. The van der Waals surface area contributed by atoms with Crippen molar-refractivity contribution in [1.82, 2.24) is 5.32 Å². The number of carboxylic acids is 1. The number of ether oxygens (including phenoxy) is 2. The maximum Gasteiger partial charge on any atom is 0.408 e. The van der Waals surface area contributed by atoms with Crippen LogP contribution in [-0.4, -0.2) is 41.5 Å². The number of nitrogens with one attached hydrogen (secondary N) is 1. The first-order valence-electron chi connectivity index (χ1n) is 8.00. The van der Waals surface area contributed by atoms with Gasteiger partial charge in [0.1, 0.15) is 12.6 Å². The van der Waals surface area contributed by atoms with Gasteiger partial charge < -0.3 is 19.9 Å². The van der Waals surface area contributed by atoms with Crippen LogP contribution in [0.5, 0.6) is 0 Å². The van der Waals surface area contributed by atoms with E-state index in [9.17, 15) is 14.7 Å². The third-order valence-electron chi connectivity index (χ3n) is 3.57. The van der Waals surface area contributed by atoms with Gasteiger partial charge in [0.2, 0.25) is 0 Å². The summed E-state index contributed by atoms with van der Waals surface area (Å²) < 4.78 is 10.5. The third-order valence-corrected chi connectivity index (χ3v) is 4.43. The van der Waals surface area contributed by atoms with Crippen LogP contribution in [-0.2, 0) is 20.9 Å². The zero-order valence-corrected chi connectivity index (χ0v) is 14.3. The molecule has 1 amide bonds. The van der Waals surface area contributed by atoms with Gasteiger partial charge in [-0.3, -0.25) is 0 Å². The summed E-state index contributed by atoms with van der Waals surface area (Å²) in [6.07, 6.45) is 2.11. The topological polar surface area (TPSA) is 84.9 Å². The molecular formula is C17H23NO5S. The van der Waals surface area contributed by atoms with Gasteiger partial charge in [-0.1, -0.05) is 30.3 Å². The zero-order valence-electron chi connectivity index (χ0n) is 13.5. The Morgan fingerprint density at radius 1 is 1.29 bits per heavy atom. The summed E-state index contributed by atoms with van der Waals surface area (Å²) in [7, 11) is 0. The number of carbonyl (C=O) groups excluding carboxylic acids is 1. The van der Waals surface area contributed by atoms with E-state index in [4.69, 9.17) is 9.47 Å². The fourth-order valence-electron chi connectivity index (χ4n) is 1.98. The molecule has 0 spiro atoms. The summed E-state index contributed by atoms with van der Waals surface area (Å²) in [6, 6.07) is 8.28. The number of thioether (sulfide) groups is 1. The van der Waals surface area contributed by atoms with Crippen molar-refractivity contribution in [3.8, 4) is 0 Å². The molecule has 1 aromatic rings. The van der Waals surface area contributed by atoms with Gasteiger partial charge in [0.15, 0.2) is 0 Å². The predicted molar refractivity (Wildman–Crippen MR) is 91.8 cm³/mol. The van der Waals surface area contributed by atoms with Crippen LogP contribution >= 0.6 is 11.8 Å². The highest BCUT2D eigenvalue weighted by molar-refractivity contribution is 7.99. The molecule has 132 valence electrons. The Bertz CT molecular complexity index is 521. The van der Waals surface area contributed by atoms with Crippen LogP contribution in [0.3, 0.4) is 0 Å². The number of carbonyl (C=O) groups is 2. The van der Waals surface area contributed by atoms with Crippen molar-refractivity contribution in [1.29, 1.82) is 0 Å². The van der Waals surface area contributed by atoms with Crippen molar-refractivity contribution in [2.24, 2.45) is 5.92 Å². The highest BCUT2D eigenvalue weighted by Gasteiger charge is 2.22. The molecule has 0 aliphatic heterocycles. The SMILES string of the molecule is O=C(NC(CCSCOCC1CC1)C(=O)O)OCc1ccccc1. The molecule has 7 heteroatoms. The van der Waals surface area contributed by atoms with Crippen molar-refractivity contribution in [2.75, 3.05) is 18.3 Å². The molecule has 0 radical (unpaired) electrons. The van der Waals surface area contributed by atoms with Crippen LogP contribution in [0.15, 0.2) is 30.3 Å². The first kappa shape index (κ1) is 18.6. The highest BCUT2D eigenvalue weighted by Crippen LogP contribution is 2.29. The smallest absolute Gasteiger partial charge is 0.408 e. The van der Waals surface area contributed by atoms with Crippen LogP contribution in [0.4, 0.5) is 4.79 Å². The van der Waals surface area contributed by atoms with Gasteiger partial charge >= 0.3 is 12.1 Å². The lowest BCUT2D eigenvalue weighted by molar-refractivity contribution is -0.139. The van der Waals surface area contributed by atoms with Crippen LogP contribution < -0.4 is 5.32 Å². The monoisotopic (exact) mass is 353 g/mol. The standard InChI is InChI=1S/C17H23NO5S/c19-16(20)15(8-9-24-12-22-10-14-6-7-14)18-17(21)23-11-13-4-2-1-3-5-13/h1-5,14-15H,6-12H2,(H,18,21)(H,19,20). The van der Waals surface area contributed by atoms with Crippen LogP contribution in [0, 0.1) is 5.92 Å². The van der Waals surface area contributed by atoms with E-state index in [0.29, 0.717) is 18.1 Å². The van der Waals surface area contributed by atoms with E-state index in [-0.39, 0.29) is 6.61 Å². The van der Waals surface area contributed by atoms with Gasteiger partial charge in [-0.25, -0.2) is 9.59 Å². The molecule has 1 saturated carbocycles. The Balaban J connectivity index is 1.60. The molecule has 0 aromatic heterocycles. The average Bonchev–Trinajstić information content (AvgIpc) is 3.40. The quantitative estimate of drug-likeness (QED) is 0.470. The molecule has 1 aromatic carbocycles. The Hall–Kier alpha value is -1.73. The number of hydrogen-bond donors (Lipinski definition) is 2. The number of carboxylic acid groups (broad SMARTS) is 1. The lowest BCUT2D eigenvalue weighted by Gasteiger charge is -2.14. The minimum Gasteiger partial charge on any atom is -0.480 e. The summed E-state index contributed by atoms with van der Waals surface area (Å²) in [6.45, 7) is 0.905. The molecule has 1 aliphatic carbocycles. The highest BCUT2D eigenvalue weighted by atomic mass is 32.2.